The number of nitrogens with zero attached hydrogens (tertiary/aromatic N) is 2. The zero-order valence-electron chi connectivity index (χ0n) is 22.0. The highest BCUT2D eigenvalue weighted by atomic mass is 16.7. The second-order valence-corrected chi connectivity index (χ2v) is 11.6. The van der Waals surface area contributed by atoms with Crippen LogP contribution in [0.5, 0.6) is 23.0 Å². The molecule has 38 heavy (non-hydrogen) atoms. The molecular formula is C32H32N2O4. The average Bonchev–Trinajstić information content (AvgIpc) is 3.66. The molecule has 1 fully saturated rings. The summed E-state index contributed by atoms with van der Waals surface area (Å²) in [7, 11) is 0. The number of benzene rings is 3. The van der Waals surface area contributed by atoms with Gasteiger partial charge < -0.3 is 18.9 Å². The molecule has 0 bridgehead atoms. The fourth-order valence-electron chi connectivity index (χ4n) is 6.14. The van der Waals surface area contributed by atoms with Gasteiger partial charge in [0.1, 0.15) is 0 Å². The first kappa shape index (κ1) is 23.2. The smallest absolute Gasteiger partial charge is 0.231 e. The third kappa shape index (κ3) is 3.99. The lowest BCUT2D eigenvalue weighted by Gasteiger charge is -2.40. The molecule has 4 aliphatic rings. The summed E-state index contributed by atoms with van der Waals surface area (Å²) in [5, 5.41) is 7.57. The van der Waals surface area contributed by atoms with E-state index >= 15 is 0 Å². The van der Waals surface area contributed by atoms with Crippen LogP contribution in [0.2, 0.25) is 0 Å². The van der Waals surface area contributed by atoms with E-state index < -0.39 is 0 Å². The van der Waals surface area contributed by atoms with E-state index in [1.165, 1.54) is 16.8 Å². The van der Waals surface area contributed by atoms with E-state index in [9.17, 15) is 0 Å². The van der Waals surface area contributed by atoms with Crippen LogP contribution in [0.3, 0.4) is 0 Å². The fraction of sp³-hybridized carbons (Fsp3) is 0.344. The van der Waals surface area contributed by atoms with Gasteiger partial charge in [-0.2, -0.15) is 5.10 Å². The maximum Gasteiger partial charge on any atom is 0.231 e. The SMILES string of the molecule is CC(C)(C)[C@H]1C/C(=C\c2ccc3c(c2)OCO3)C2=NN(c3ccccc3)[C@@H](c3ccc4c(c3)OCO4)[C@@H]2C1. The van der Waals surface area contributed by atoms with Gasteiger partial charge in [-0.15, -0.1) is 0 Å². The number of allylic oxidation sites excluding steroid dienone is 1. The molecule has 0 spiro atoms. The van der Waals surface area contributed by atoms with Gasteiger partial charge in [0.25, 0.3) is 0 Å². The number of ether oxygens (including phenoxy) is 4. The molecule has 3 aliphatic heterocycles. The standard InChI is InChI=1S/C32H32N2O4/c1-32(2,3)23-15-22(13-20-9-11-26-28(14-20)37-18-35-26)30-25(17-23)31(34(33-30)24-7-5-4-6-8-24)21-10-12-27-29(16-21)38-19-36-27/h4-14,16,23,25,31H,15,17-19H2,1-3H3/b22-13+/t23-,25+,31-/m0/s1. The van der Waals surface area contributed by atoms with Crippen LogP contribution in [-0.2, 0) is 0 Å². The lowest BCUT2D eigenvalue weighted by molar-refractivity contribution is 0.173. The van der Waals surface area contributed by atoms with Crippen molar-refractivity contribution in [2.45, 2.75) is 39.7 Å². The molecule has 0 N–H and O–H groups in total. The van der Waals surface area contributed by atoms with Crippen molar-refractivity contribution >= 4 is 17.5 Å². The number of para-hydroxylation sites is 1. The van der Waals surface area contributed by atoms with Crippen LogP contribution in [0, 0.1) is 17.3 Å². The van der Waals surface area contributed by atoms with E-state index in [4.69, 9.17) is 24.0 Å². The van der Waals surface area contributed by atoms with E-state index in [1.54, 1.807) is 0 Å². The molecule has 6 heteroatoms. The Bertz CT molecular complexity index is 1440. The molecule has 0 aromatic heterocycles. The first-order valence-electron chi connectivity index (χ1n) is 13.4. The molecule has 6 nitrogen and oxygen atoms in total. The molecule has 3 aromatic rings. The molecule has 7 rings (SSSR count). The number of hydrazone groups is 1. The van der Waals surface area contributed by atoms with Crippen molar-refractivity contribution in [1.82, 2.24) is 0 Å². The van der Waals surface area contributed by atoms with Crippen molar-refractivity contribution in [3.63, 3.8) is 0 Å². The molecule has 1 saturated carbocycles. The lowest BCUT2D eigenvalue weighted by Crippen LogP contribution is -2.35. The van der Waals surface area contributed by atoms with Gasteiger partial charge >= 0.3 is 0 Å². The molecule has 0 radical (unpaired) electrons. The highest BCUT2D eigenvalue weighted by Gasteiger charge is 2.46. The predicted octanol–water partition coefficient (Wildman–Crippen LogP) is 7.22. The Morgan fingerprint density at radius 2 is 1.50 bits per heavy atom. The molecule has 0 amide bonds. The van der Waals surface area contributed by atoms with Crippen LogP contribution in [0.1, 0.15) is 50.8 Å². The van der Waals surface area contributed by atoms with Crippen molar-refractivity contribution < 1.29 is 18.9 Å². The Labute approximate surface area is 223 Å². The topological polar surface area (TPSA) is 52.5 Å². The summed E-state index contributed by atoms with van der Waals surface area (Å²) in [6, 6.07) is 23.1. The number of hydrogen-bond donors (Lipinski definition) is 0. The first-order chi connectivity index (χ1) is 18.4. The second kappa shape index (κ2) is 8.83. The van der Waals surface area contributed by atoms with Gasteiger partial charge in [0.15, 0.2) is 23.0 Å². The summed E-state index contributed by atoms with van der Waals surface area (Å²) in [5.74, 6) is 3.98. The zero-order chi connectivity index (χ0) is 25.9. The highest BCUT2D eigenvalue weighted by Crippen LogP contribution is 2.52. The van der Waals surface area contributed by atoms with E-state index in [0.29, 0.717) is 5.92 Å². The van der Waals surface area contributed by atoms with Gasteiger partial charge in [-0.25, -0.2) is 0 Å². The maximum absolute atomic E-state index is 5.78. The summed E-state index contributed by atoms with van der Waals surface area (Å²) in [4.78, 5) is 0. The Morgan fingerprint density at radius 1 is 0.816 bits per heavy atom. The van der Waals surface area contributed by atoms with Gasteiger partial charge in [-0.3, -0.25) is 5.01 Å². The minimum atomic E-state index is 0.0622. The van der Waals surface area contributed by atoms with Gasteiger partial charge in [-0.1, -0.05) is 51.1 Å². The summed E-state index contributed by atoms with van der Waals surface area (Å²) < 4.78 is 22.6. The van der Waals surface area contributed by atoms with Crippen molar-refractivity contribution in [3.8, 4) is 23.0 Å². The number of fused-ring (bicyclic) bond motifs is 3. The van der Waals surface area contributed by atoms with Crippen LogP contribution in [-0.4, -0.2) is 19.3 Å². The van der Waals surface area contributed by atoms with Crippen molar-refractivity contribution in [1.29, 1.82) is 0 Å². The highest BCUT2D eigenvalue weighted by molar-refractivity contribution is 6.08. The van der Waals surface area contributed by atoms with E-state index in [0.717, 1.165) is 47.1 Å². The Hall–Kier alpha value is -3.93. The number of hydrogen-bond acceptors (Lipinski definition) is 6. The van der Waals surface area contributed by atoms with Crippen LogP contribution >= 0.6 is 0 Å². The monoisotopic (exact) mass is 508 g/mol. The third-order valence-corrected chi connectivity index (χ3v) is 8.27. The van der Waals surface area contributed by atoms with Crippen LogP contribution in [0.15, 0.2) is 77.4 Å². The third-order valence-electron chi connectivity index (χ3n) is 8.27. The van der Waals surface area contributed by atoms with Gasteiger partial charge in [0.2, 0.25) is 13.6 Å². The molecule has 0 unspecified atom stereocenters. The maximum atomic E-state index is 5.78. The van der Waals surface area contributed by atoms with Crippen LogP contribution < -0.4 is 24.0 Å². The zero-order valence-corrected chi connectivity index (χ0v) is 22.0. The van der Waals surface area contributed by atoms with E-state index in [2.05, 4.69) is 86.5 Å². The largest absolute Gasteiger partial charge is 0.454 e. The summed E-state index contributed by atoms with van der Waals surface area (Å²) in [5.41, 5.74) is 6.03. The predicted molar refractivity (Wildman–Crippen MR) is 148 cm³/mol. The lowest BCUT2D eigenvalue weighted by atomic mass is 9.65. The fourth-order valence-corrected chi connectivity index (χ4v) is 6.14. The molecule has 3 atom stereocenters. The average molecular weight is 509 g/mol. The van der Waals surface area contributed by atoms with Gasteiger partial charge in [-0.05, 0) is 83.3 Å². The Kier molecular flexibility index (Phi) is 5.39. The summed E-state index contributed by atoms with van der Waals surface area (Å²) in [6.45, 7) is 7.62. The van der Waals surface area contributed by atoms with Gasteiger partial charge in [0, 0.05) is 5.92 Å². The van der Waals surface area contributed by atoms with E-state index in [-0.39, 0.29) is 31.0 Å². The van der Waals surface area contributed by atoms with Crippen molar-refractivity contribution in [2.75, 3.05) is 18.6 Å². The number of anilines is 1. The van der Waals surface area contributed by atoms with Crippen molar-refractivity contribution in [3.05, 3.63) is 83.4 Å². The molecule has 3 aromatic carbocycles. The Balaban J connectivity index is 1.35. The minimum absolute atomic E-state index is 0.0622. The second-order valence-electron chi connectivity index (χ2n) is 11.6. The molecule has 194 valence electrons. The Morgan fingerprint density at radius 3 is 2.24 bits per heavy atom. The number of rotatable bonds is 3. The molecule has 0 saturated heterocycles. The minimum Gasteiger partial charge on any atom is -0.454 e. The van der Waals surface area contributed by atoms with Crippen molar-refractivity contribution in [2.24, 2.45) is 22.4 Å². The molecular weight excluding hydrogens is 476 g/mol. The first-order valence-corrected chi connectivity index (χ1v) is 13.4. The summed E-state index contributed by atoms with van der Waals surface area (Å²) in [6.07, 6.45) is 4.36. The van der Waals surface area contributed by atoms with E-state index in [1.807, 2.05) is 12.1 Å². The summed E-state index contributed by atoms with van der Waals surface area (Å²) >= 11 is 0. The normalized spacial score (nSPS) is 24.5. The van der Waals surface area contributed by atoms with Crippen LogP contribution in [0.25, 0.3) is 6.08 Å². The quantitative estimate of drug-likeness (QED) is 0.374. The molecule has 3 heterocycles. The van der Waals surface area contributed by atoms with Crippen LogP contribution in [0.4, 0.5) is 5.69 Å². The van der Waals surface area contributed by atoms with Gasteiger partial charge in [0.05, 0.1) is 17.4 Å². The molecule has 1 aliphatic carbocycles.